The number of nitrogens with zero attached hydrogens (tertiary/aromatic N) is 2. The van der Waals surface area contributed by atoms with Crippen LogP contribution < -0.4 is 10.5 Å². The summed E-state index contributed by atoms with van der Waals surface area (Å²) in [6, 6.07) is 15.5. The lowest BCUT2D eigenvalue weighted by Crippen LogP contribution is -2.17. The molecule has 33 heavy (non-hydrogen) atoms. The van der Waals surface area contributed by atoms with Crippen molar-refractivity contribution < 1.29 is 17.6 Å². The average molecular weight is 487 g/mol. The van der Waals surface area contributed by atoms with Crippen LogP contribution in [0.3, 0.4) is 0 Å². The molecular weight excluding hydrogens is 467 g/mol. The Kier molecular flexibility index (Phi) is 6.20. The normalized spacial score (nSPS) is 12.6. The van der Waals surface area contributed by atoms with Gasteiger partial charge in [0.2, 0.25) is 15.9 Å². The second-order valence-electron chi connectivity index (χ2n) is 7.59. The molecule has 1 amide bonds. The molecule has 0 aliphatic heterocycles. The molecule has 0 radical (unpaired) electrons. The van der Waals surface area contributed by atoms with Crippen molar-refractivity contribution >= 4 is 44.1 Å². The maximum absolute atomic E-state index is 13.3. The predicted molar refractivity (Wildman–Crippen MR) is 125 cm³/mol. The second kappa shape index (κ2) is 8.93. The first kappa shape index (κ1) is 22.9. The Morgan fingerprint density at radius 2 is 1.88 bits per heavy atom. The minimum Gasteiger partial charge on any atom is -0.326 e. The van der Waals surface area contributed by atoms with Crippen molar-refractivity contribution in [3.8, 4) is 0 Å². The second-order valence-corrected chi connectivity index (χ2v) is 9.52. The minimum absolute atomic E-state index is 0.00760. The summed E-state index contributed by atoms with van der Waals surface area (Å²) in [5.41, 5.74) is 2.11. The third-order valence-electron chi connectivity index (χ3n) is 5.30. The molecule has 3 N–H and O–H groups in total. The molecule has 1 aromatic heterocycles. The van der Waals surface area contributed by atoms with Gasteiger partial charge in [0.05, 0.1) is 29.1 Å². The van der Waals surface area contributed by atoms with Crippen LogP contribution in [0.15, 0.2) is 71.8 Å². The zero-order chi connectivity index (χ0) is 23.8. The summed E-state index contributed by atoms with van der Waals surface area (Å²) in [7, 11) is -4.11. The Hall–Kier alpha value is -3.27. The van der Waals surface area contributed by atoms with Gasteiger partial charge in [-0.25, -0.2) is 17.9 Å². The fourth-order valence-corrected chi connectivity index (χ4v) is 4.59. The van der Waals surface area contributed by atoms with Crippen LogP contribution in [0.1, 0.15) is 24.1 Å². The van der Waals surface area contributed by atoms with Gasteiger partial charge in [0.25, 0.3) is 0 Å². The number of nitrogens with two attached hydrogens (primary N) is 1. The van der Waals surface area contributed by atoms with Gasteiger partial charge in [-0.1, -0.05) is 41.9 Å². The number of halogens is 2. The van der Waals surface area contributed by atoms with Gasteiger partial charge in [-0.3, -0.25) is 9.48 Å². The average Bonchev–Trinajstić information content (AvgIpc) is 3.18. The zero-order valence-electron chi connectivity index (χ0n) is 17.5. The Bertz CT molecular complexity index is 1450. The summed E-state index contributed by atoms with van der Waals surface area (Å²) in [6.45, 7) is 1.85. The fourth-order valence-electron chi connectivity index (χ4n) is 3.63. The predicted octanol–water partition coefficient (Wildman–Crippen LogP) is 4.27. The van der Waals surface area contributed by atoms with Crippen molar-refractivity contribution in [3.63, 3.8) is 0 Å². The number of aromatic nitrogens is 2. The van der Waals surface area contributed by atoms with Crippen LogP contribution in [0.2, 0.25) is 5.02 Å². The van der Waals surface area contributed by atoms with Crippen LogP contribution in [0.25, 0.3) is 10.9 Å². The van der Waals surface area contributed by atoms with Crippen molar-refractivity contribution in [2.24, 2.45) is 5.14 Å². The van der Waals surface area contributed by atoms with E-state index in [1.807, 2.05) is 6.92 Å². The summed E-state index contributed by atoms with van der Waals surface area (Å²) in [5.74, 6) is -0.739. The molecule has 0 bridgehead atoms. The number of carbonyl (C=O) groups excluding carboxylic acids is 1. The van der Waals surface area contributed by atoms with Gasteiger partial charge in [-0.15, -0.1) is 0 Å². The van der Waals surface area contributed by atoms with E-state index >= 15 is 0 Å². The highest BCUT2D eigenvalue weighted by Crippen LogP contribution is 2.30. The molecule has 4 rings (SSSR count). The molecule has 3 aromatic carbocycles. The number of rotatable bonds is 6. The van der Waals surface area contributed by atoms with Crippen LogP contribution in [0.5, 0.6) is 0 Å². The Morgan fingerprint density at radius 3 is 2.55 bits per heavy atom. The van der Waals surface area contributed by atoms with E-state index in [1.165, 1.54) is 24.4 Å². The van der Waals surface area contributed by atoms with Gasteiger partial charge in [-0.05, 0) is 48.4 Å². The van der Waals surface area contributed by atoms with Gasteiger partial charge < -0.3 is 5.32 Å². The smallest absolute Gasteiger partial charge is 0.238 e. The molecule has 0 saturated carbocycles. The van der Waals surface area contributed by atoms with Crippen LogP contribution in [0, 0.1) is 5.82 Å². The number of anilines is 1. The lowest BCUT2D eigenvalue weighted by Gasteiger charge is -2.15. The van der Waals surface area contributed by atoms with Crippen molar-refractivity contribution in [2.75, 3.05) is 5.32 Å². The van der Waals surface area contributed by atoms with Gasteiger partial charge >= 0.3 is 0 Å². The molecular formula is C23H20ClFN4O3S. The summed E-state index contributed by atoms with van der Waals surface area (Å²) in [5, 5.41) is 13.3. The third-order valence-corrected chi connectivity index (χ3v) is 6.62. The molecule has 1 atom stereocenters. The summed E-state index contributed by atoms with van der Waals surface area (Å²) >= 11 is 6.13. The standard InChI is InChI=1S/C23H20ClFN4O3S/c1-14(15-6-8-17(25)9-7-15)29-21-11-18(12-22(33(26,31)32)19(21)13-27-29)28-23(30)10-16-4-2-3-5-20(16)24/h2-9,11-14H,10H2,1H3,(H,28,30)(H2,26,31,32). The van der Waals surface area contributed by atoms with Crippen molar-refractivity contribution in [3.05, 3.63) is 88.8 Å². The molecule has 0 fully saturated rings. The summed E-state index contributed by atoms with van der Waals surface area (Å²) in [6.07, 6.45) is 1.41. The topological polar surface area (TPSA) is 107 Å². The molecule has 4 aromatic rings. The van der Waals surface area contributed by atoms with Crippen molar-refractivity contribution in [1.82, 2.24) is 9.78 Å². The van der Waals surface area contributed by atoms with E-state index < -0.39 is 10.0 Å². The van der Waals surface area contributed by atoms with E-state index in [0.29, 0.717) is 21.5 Å². The Morgan fingerprint density at radius 1 is 1.18 bits per heavy atom. The summed E-state index contributed by atoms with van der Waals surface area (Å²) in [4.78, 5) is 12.5. The zero-order valence-corrected chi connectivity index (χ0v) is 19.1. The van der Waals surface area contributed by atoms with E-state index in [-0.39, 0.29) is 34.8 Å². The summed E-state index contributed by atoms with van der Waals surface area (Å²) < 4.78 is 39.5. The quantitative estimate of drug-likeness (QED) is 0.424. The molecule has 0 aliphatic carbocycles. The lowest BCUT2D eigenvalue weighted by atomic mass is 10.1. The Balaban J connectivity index is 1.74. The highest BCUT2D eigenvalue weighted by molar-refractivity contribution is 7.89. The highest BCUT2D eigenvalue weighted by Gasteiger charge is 2.21. The van der Waals surface area contributed by atoms with Crippen molar-refractivity contribution in [2.45, 2.75) is 24.3 Å². The molecule has 1 heterocycles. The maximum Gasteiger partial charge on any atom is 0.238 e. The van der Waals surface area contributed by atoms with Crippen LogP contribution in [-0.4, -0.2) is 24.1 Å². The first-order valence-electron chi connectivity index (χ1n) is 9.96. The number of benzene rings is 3. The van der Waals surface area contributed by atoms with Crippen LogP contribution in [-0.2, 0) is 21.2 Å². The van der Waals surface area contributed by atoms with E-state index in [1.54, 1.807) is 47.1 Å². The van der Waals surface area contributed by atoms with Crippen molar-refractivity contribution in [1.29, 1.82) is 0 Å². The van der Waals surface area contributed by atoms with E-state index in [2.05, 4.69) is 10.4 Å². The van der Waals surface area contributed by atoms with Gasteiger partial charge in [0.15, 0.2) is 0 Å². The minimum atomic E-state index is -4.11. The number of sulfonamides is 1. The molecule has 170 valence electrons. The first-order valence-corrected chi connectivity index (χ1v) is 11.9. The number of amides is 1. The first-order chi connectivity index (χ1) is 15.6. The SMILES string of the molecule is CC(c1ccc(F)cc1)n1ncc2c(S(N)(=O)=O)cc(NC(=O)Cc3ccccc3Cl)cc21. The number of carbonyl (C=O) groups is 1. The van der Waals surface area contributed by atoms with E-state index in [0.717, 1.165) is 5.56 Å². The maximum atomic E-state index is 13.3. The Labute approximate surface area is 195 Å². The lowest BCUT2D eigenvalue weighted by molar-refractivity contribution is -0.115. The molecule has 1 unspecified atom stereocenters. The third kappa shape index (κ3) is 4.90. The number of hydrogen-bond acceptors (Lipinski definition) is 4. The van der Waals surface area contributed by atoms with Gasteiger partial charge in [-0.2, -0.15) is 5.10 Å². The number of primary sulfonamides is 1. The van der Waals surface area contributed by atoms with Gasteiger partial charge in [0, 0.05) is 16.1 Å². The molecule has 7 nitrogen and oxygen atoms in total. The van der Waals surface area contributed by atoms with E-state index in [4.69, 9.17) is 16.7 Å². The van der Waals surface area contributed by atoms with Crippen LogP contribution >= 0.6 is 11.6 Å². The number of fused-ring (bicyclic) bond motifs is 1. The number of hydrogen-bond donors (Lipinski definition) is 2. The fraction of sp³-hybridized carbons (Fsp3) is 0.130. The van der Waals surface area contributed by atoms with Gasteiger partial charge in [0.1, 0.15) is 5.82 Å². The van der Waals surface area contributed by atoms with Crippen LogP contribution in [0.4, 0.5) is 10.1 Å². The molecule has 0 spiro atoms. The largest absolute Gasteiger partial charge is 0.326 e. The number of nitrogens with one attached hydrogen (secondary N) is 1. The molecule has 0 aliphatic rings. The monoisotopic (exact) mass is 486 g/mol. The molecule has 10 heteroatoms. The molecule has 0 saturated heterocycles. The van der Waals surface area contributed by atoms with E-state index in [9.17, 15) is 17.6 Å². The highest BCUT2D eigenvalue weighted by atomic mass is 35.5.